The van der Waals surface area contributed by atoms with Gasteiger partial charge in [0.25, 0.3) is 0 Å². The Bertz CT molecular complexity index is 2090. The third-order valence-electron chi connectivity index (χ3n) is 9.11. The lowest BCUT2D eigenvalue weighted by Crippen LogP contribution is -2.15. The second-order valence-corrected chi connectivity index (χ2v) is 11.6. The van der Waals surface area contributed by atoms with E-state index in [1.165, 1.54) is 73.1 Å². The molecule has 1 aliphatic carbocycles. The fraction of sp³-hybridized carbons (Fsp3) is 0.122. The first-order valence-electron chi connectivity index (χ1n) is 15.3. The van der Waals surface area contributed by atoms with E-state index in [0.717, 1.165) is 30.0 Å². The van der Waals surface area contributed by atoms with Gasteiger partial charge in [-0.25, -0.2) is 0 Å². The predicted octanol–water partition coefficient (Wildman–Crippen LogP) is 11.1. The van der Waals surface area contributed by atoms with Crippen LogP contribution in [0, 0.1) is 0 Å². The number of hydrogen-bond donors (Lipinski definition) is 0. The van der Waals surface area contributed by atoms with Crippen LogP contribution in [0.1, 0.15) is 35.1 Å². The smallest absolute Gasteiger partial charge is 0.119 e. The van der Waals surface area contributed by atoms with Crippen LogP contribution in [-0.2, 0) is 12.8 Å². The summed E-state index contributed by atoms with van der Waals surface area (Å²) in [6.07, 6.45) is 9.29. The van der Waals surface area contributed by atoms with Gasteiger partial charge in [-0.1, -0.05) is 91.0 Å². The molecule has 0 saturated heterocycles. The zero-order valence-corrected chi connectivity index (χ0v) is 24.4. The molecule has 1 aliphatic rings. The van der Waals surface area contributed by atoms with Gasteiger partial charge in [-0.05, 0) is 123 Å². The Morgan fingerprint density at radius 3 is 2.00 bits per heavy atom. The topological polar surface area (TPSA) is 12.5 Å². The summed E-state index contributed by atoms with van der Waals surface area (Å²) in [6.45, 7) is 0. The summed E-state index contributed by atoms with van der Waals surface area (Å²) in [4.78, 5) is 2.40. The van der Waals surface area contributed by atoms with E-state index in [2.05, 4.69) is 126 Å². The summed E-state index contributed by atoms with van der Waals surface area (Å²) in [7, 11) is 1.72. The highest BCUT2D eigenvalue weighted by atomic mass is 16.5. The molecule has 0 N–H and O–H groups in total. The van der Waals surface area contributed by atoms with Gasteiger partial charge in [-0.15, -0.1) is 0 Å². The molecule has 0 bridgehead atoms. The molecule has 0 unspecified atom stereocenters. The molecule has 7 aromatic rings. The molecule has 0 amide bonds. The molecular weight excluding hydrogens is 522 g/mol. The van der Waals surface area contributed by atoms with Gasteiger partial charge in [0, 0.05) is 17.1 Å². The summed E-state index contributed by atoms with van der Waals surface area (Å²) in [5.74, 6) is 0.867. The van der Waals surface area contributed by atoms with Crippen LogP contribution in [0.5, 0.6) is 5.75 Å². The molecular formula is C41H33NO. The van der Waals surface area contributed by atoms with E-state index in [4.69, 9.17) is 4.74 Å². The Labute approximate surface area is 252 Å². The SMILES string of the molecule is COc1ccc(N(c2ccc(/C=C/c3ccc4ccc5cccc6ccc3c4c56)cc2)c2cccc3c2CCCC3)cc1. The lowest BCUT2D eigenvalue weighted by atomic mass is 9.90. The number of fused-ring (bicyclic) bond motifs is 1. The number of rotatable bonds is 6. The minimum Gasteiger partial charge on any atom is -0.497 e. The van der Waals surface area contributed by atoms with Gasteiger partial charge >= 0.3 is 0 Å². The van der Waals surface area contributed by atoms with Crippen molar-refractivity contribution >= 4 is 61.5 Å². The molecule has 8 rings (SSSR count). The van der Waals surface area contributed by atoms with Crippen LogP contribution < -0.4 is 9.64 Å². The minimum absolute atomic E-state index is 0.867. The Morgan fingerprint density at radius 2 is 1.23 bits per heavy atom. The van der Waals surface area contributed by atoms with Gasteiger partial charge in [0.2, 0.25) is 0 Å². The van der Waals surface area contributed by atoms with E-state index < -0.39 is 0 Å². The first-order valence-corrected chi connectivity index (χ1v) is 15.3. The fourth-order valence-corrected chi connectivity index (χ4v) is 6.95. The van der Waals surface area contributed by atoms with E-state index in [1.807, 2.05) is 12.1 Å². The van der Waals surface area contributed by atoms with Crippen molar-refractivity contribution < 1.29 is 4.74 Å². The molecule has 7 aromatic carbocycles. The molecule has 0 aliphatic heterocycles. The van der Waals surface area contributed by atoms with E-state index in [0.29, 0.717) is 0 Å². The van der Waals surface area contributed by atoms with Crippen molar-refractivity contribution in [1.82, 2.24) is 0 Å². The van der Waals surface area contributed by atoms with Gasteiger partial charge in [0.1, 0.15) is 5.75 Å². The van der Waals surface area contributed by atoms with Gasteiger partial charge in [-0.3, -0.25) is 0 Å². The van der Waals surface area contributed by atoms with E-state index >= 15 is 0 Å². The monoisotopic (exact) mass is 555 g/mol. The maximum atomic E-state index is 5.46. The number of aryl methyl sites for hydroxylation is 1. The molecule has 0 aromatic heterocycles. The Balaban J connectivity index is 1.17. The first kappa shape index (κ1) is 25.6. The van der Waals surface area contributed by atoms with Crippen molar-refractivity contribution in [2.24, 2.45) is 0 Å². The van der Waals surface area contributed by atoms with Crippen molar-refractivity contribution in [3.8, 4) is 5.75 Å². The second kappa shape index (κ2) is 10.6. The van der Waals surface area contributed by atoms with E-state index in [-0.39, 0.29) is 0 Å². The van der Waals surface area contributed by atoms with Crippen LogP contribution in [0.25, 0.3) is 44.5 Å². The van der Waals surface area contributed by atoms with E-state index in [1.54, 1.807) is 7.11 Å². The normalized spacial score (nSPS) is 13.2. The zero-order chi connectivity index (χ0) is 28.8. The van der Waals surface area contributed by atoms with Gasteiger partial charge < -0.3 is 9.64 Å². The minimum atomic E-state index is 0.867. The summed E-state index contributed by atoms with van der Waals surface area (Å²) in [5.41, 5.74) is 8.95. The van der Waals surface area contributed by atoms with Crippen LogP contribution >= 0.6 is 0 Å². The molecule has 2 nitrogen and oxygen atoms in total. The number of ether oxygens (including phenoxy) is 1. The Morgan fingerprint density at radius 1 is 0.581 bits per heavy atom. The van der Waals surface area contributed by atoms with Crippen molar-refractivity contribution in [2.45, 2.75) is 25.7 Å². The highest BCUT2D eigenvalue weighted by Crippen LogP contribution is 2.41. The highest BCUT2D eigenvalue weighted by molar-refractivity contribution is 6.24. The quantitative estimate of drug-likeness (QED) is 0.149. The number of hydrogen-bond acceptors (Lipinski definition) is 2. The van der Waals surface area contributed by atoms with Crippen LogP contribution in [0.15, 0.2) is 121 Å². The maximum absolute atomic E-state index is 5.46. The second-order valence-electron chi connectivity index (χ2n) is 11.6. The van der Waals surface area contributed by atoms with Crippen molar-refractivity contribution in [3.05, 3.63) is 144 Å². The average Bonchev–Trinajstić information content (AvgIpc) is 3.07. The fourth-order valence-electron chi connectivity index (χ4n) is 6.95. The summed E-state index contributed by atoms with van der Waals surface area (Å²) in [5, 5.41) is 7.91. The summed E-state index contributed by atoms with van der Waals surface area (Å²) in [6, 6.07) is 44.2. The van der Waals surface area contributed by atoms with Crippen molar-refractivity contribution in [1.29, 1.82) is 0 Å². The maximum Gasteiger partial charge on any atom is 0.119 e. The van der Waals surface area contributed by atoms with Gasteiger partial charge in [0.15, 0.2) is 0 Å². The Kier molecular flexibility index (Phi) is 6.34. The number of anilines is 3. The lowest BCUT2D eigenvalue weighted by Gasteiger charge is -2.30. The summed E-state index contributed by atoms with van der Waals surface area (Å²) < 4.78 is 5.46. The average molecular weight is 556 g/mol. The predicted molar refractivity (Wildman–Crippen MR) is 183 cm³/mol. The van der Waals surface area contributed by atoms with Crippen LogP contribution in [0.4, 0.5) is 17.1 Å². The molecule has 2 heteroatoms. The third kappa shape index (κ3) is 4.51. The molecule has 208 valence electrons. The van der Waals surface area contributed by atoms with Crippen molar-refractivity contribution in [3.63, 3.8) is 0 Å². The van der Waals surface area contributed by atoms with Crippen LogP contribution in [0.3, 0.4) is 0 Å². The van der Waals surface area contributed by atoms with Crippen LogP contribution in [0.2, 0.25) is 0 Å². The first-order chi connectivity index (χ1) is 21.3. The Hall–Kier alpha value is -5.08. The zero-order valence-electron chi connectivity index (χ0n) is 24.4. The molecule has 0 heterocycles. The molecule has 0 radical (unpaired) electrons. The largest absolute Gasteiger partial charge is 0.497 e. The standard InChI is InChI=1S/C41H33NO/c1-43-36-25-23-35(24-26-36)42(39-11-5-7-29-6-2-3-10-37(29)39)34-21-13-28(14-22-34)12-15-30-16-17-33-19-18-31-8-4-9-32-20-27-38(30)41(33)40(31)32/h4-5,7-9,11-27H,2-3,6,10H2,1H3/b15-12+. The molecule has 0 atom stereocenters. The van der Waals surface area contributed by atoms with Crippen LogP contribution in [-0.4, -0.2) is 7.11 Å². The molecule has 0 fully saturated rings. The molecule has 0 spiro atoms. The number of nitrogens with zero attached hydrogens (tertiary/aromatic N) is 1. The summed E-state index contributed by atoms with van der Waals surface area (Å²) >= 11 is 0. The lowest BCUT2D eigenvalue weighted by molar-refractivity contribution is 0.415. The number of benzene rings is 7. The number of methoxy groups -OCH3 is 1. The molecule has 0 saturated carbocycles. The van der Waals surface area contributed by atoms with Crippen molar-refractivity contribution in [2.75, 3.05) is 12.0 Å². The third-order valence-corrected chi connectivity index (χ3v) is 9.11. The highest BCUT2D eigenvalue weighted by Gasteiger charge is 2.20. The molecule has 43 heavy (non-hydrogen) atoms. The van der Waals surface area contributed by atoms with Gasteiger partial charge in [0.05, 0.1) is 7.11 Å². The van der Waals surface area contributed by atoms with E-state index in [9.17, 15) is 0 Å². The van der Waals surface area contributed by atoms with Gasteiger partial charge in [-0.2, -0.15) is 0 Å².